The third-order valence-corrected chi connectivity index (χ3v) is 3.28. The number of hydrogen-bond acceptors (Lipinski definition) is 6. The van der Waals surface area contributed by atoms with Crippen molar-refractivity contribution in [1.29, 1.82) is 0 Å². The quantitative estimate of drug-likeness (QED) is 0.866. The number of carbonyl (C=O) groups excluding carboxylic acids is 1. The Morgan fingerprint density at radius 3 is 2.89 bits per heavy atom. The van der Waals surface area contributed by atoms with E-state index in [-0.39, 0.29) is 12.3 Å². The zero-order valence-electron chi connectivity index (χ0n) is 10.2. The minimum Gasteiger partial charge on any atom is -0.375 e. The summed E-state index contributed by atoms with van der Waals surface area (Å²) < 4.78 is 5.02. The molecular weight excluding hydrogens is 252 g/mol. The fourth-order valence-electron chi connectivity index (χ4n) is 1.57. The van der Waals surface area contributed by atoms with Gasteiger partial charge in [0.25, 0.3) is 0 Å². The van der Waals surface area contributed by atoms with Crippen molar-refractivity contribution in [2.75, 3.05) is 5.73 Å². The van der Waals surface area contributed by atoms with E-state index in [1.54, 1.807) is 5.38 Å². The van der Waals surface area contributed by atoms with Gasteiger partial charge in [-0.25, -0.2) is 4.98 Å². The Morgan fingerprint density at radius 2 is 2.33 bits per heavy atom. The number of amides is 1. The van der Waals surface area contributed by atoms with Crippen LogP contribution < -0.4 is 11.1 Å². The number of thiazole rings is 1. The lowest BCUT2D eigenvalue weighted by Gasteiger charge is -2.03. The summed E-state index contributed by atoms with van der Waals surface area (Å²) in [6, 6.07) is 0. The van der Waals surface area contributed by atoms with Gasteiger partial charge in [0.15, 0.2) is 5.13 Å². The molecule has 2 rings (SSSR count). The van der Waals surface area contributed by atoms with E-state index < -0.39 is 0 Å². The molecule has 18 heavy (non-hydrogen) atoms. The highest BCUT2D eigenvalue weighted by Crippen LogP contribution is 2.13. The molecule has 96 valence electrons. The highest BCUT2D eigenvalue weighted by atomic mass is 32.1. The molecule has 0 unspecified atom stereocenters. The van der Waals surface area contributed by atoms with E-state index in [0.29, 0.717) is 17.4 Å². The van der Waals surface area contributed by atoms with Crippen molar-refractivity contribution in [1.82, 2.24) is 15.5 Å². The molecule has 0 aliphatic carbocycles. The molecule has 2 aromatic rings. The van der Waals surface area contributed by atoms with Crippen molar-refractivity contribution in [3.63, 3.8) is 0 Å². The number of nitrogen functional groups attached to an aromatic ring is 1. The molecule has 1 amide bonds. The highest BCUT2D eigenvalue weighted by molar-refractivity contribution is 7.13. The Bertz CT molecular complexity index is 542. The number of nitrogens with one attached hydrogen (secondary N) is 1. The van der Waals surface area contributed by atoms with Gasteiger partial charge in [-0.05, 0) is 13.8 Å². The monoisotopic (exact) mass is 266 g/mol. The summed E-state index contributed by atoms with van der Waals surface area (Å²) in [5, 5.41) is 8.90. The van der Waals surface area contributed by atoms with E-state index in [1.807, 2.05) is 13.8 Å². The van der Waals surface area contributed by atoms with Gasteiger partial charge in [0.1, 0.15) is 5.76 Å². The Kier molecular flexibility index (Phi) is 3.61. The van der Waals surface area contributed by atoms with Crippen molar-refractivity contribution in [2.24, 2.45) is 0 Å². The summed E-state index contributed by atoms with van der Waals surface area (Å²) in [5.74, 6) is 0.631. The zero-order valence-corrected chi connectivity index (χ0v) is 11.0. The number of aromatic nitrogens is 2. The molecule has 0 aromatic carbocycles. The molecule has 6 nitrogen and oxygen atoms in total. The van der Waals surface area contributed by atoms with E-state index in [9.17, 15) is 4.79 Å². The molecule has 0 spiro atoms. The first-order valence-corrected chi connectivity index (χ1v) is 6.32. The van der Waals surface area contributed by atoms with Gasteiger partial charge in [0, 0.05) is 17.5 Å². The van der Waals surface area contributed by atoms with Crippen molar-refractivity contribution in [3.05, 3.63) is 28.1 Å². The molecule has 0 bridgehead atoms. The minimum atomic E-state index is -0.0969. The van der Waals surface area contributed by atoms with E-state index in [4.69, 9.17) is 10.3 Å². The molecule has 0 saturated heterocycles. The fourth-order valence-corrected chi connectivity index (χ4v) is 2.13. The van der Waals surface area contributed by atoms with E-state index >= 15 is 0 Å². The highest BCUT2D eigenvalue weighted by Gasteiger charge is 2.11. The maximum absolute atomic E-state index is 11.7. The average Bonchev–Trinajstić information content (AvgIpc) is 2.84. The lowest BCUT2D eigenvalue weighted by molar-refractivity contribution is -0.120. The van der Waals surface area contributed by atoms with Gasteiger partial charge in [-0.3, -0.25) is 4.79 Å². The molecule has 0 fully saturated rings. The van der Waals surface area contributed by atoms with Crippen molar-refractivity contribution in [2.45, 2.75) is 26.8 Å². The molecule has 3 N–H and O–H groups in total. The third kappa shape index (κ3) is 2.86. The average molecular weight is 266 g/mol. The van der Waals surface area contributed by atoms with Crippen LogP contribution >= 0.6 is 11.3 Å². The van der Waals surface area contributed by atoms with Gasteiger partial charge < -0.3 is 15.6 Å². The summed E-state index contributed by atoms with van der Waals surface area (Å²) in [5.41, 5.74) is 7.90. The van der Waals surface area contributed by atoms with Crippen LogP contribution in [0.5, 0.6) is 0 Å². The number of rotatable bonds is 4. The normalized spacial score (nSPS) is 10.6. The Balaban J connectivity index is 1.89. The molecule has 0 aliphatic rings. The lowest BCUT2D eigenvalue weighted by atomic mass is 10.2. The smallest absolute Gasteiger partial charge is 0.226 e. The first-order valence-electron chi connectivity index (χ1n) is 5.44. The third-order valence-electron chi connectivity index (χ3n) is 2.55. The van der Waals surface area contributed by atoms with Gasteiger partial charge in [0.2, 0.25) is 5.91 Å². The Hall–Kier alpha value is -1.89. The van der Waals surface area contributed by atoms with Crippen LogP contribution in [0, 0.1) is 13.8 Å². The predicted molar refractivity (Wildman–Crippen MR) is 68.1 cm³/mol. The first kappa shape index (κ1) is 12.6. The lowest BCUT2D eigenvalue weighted by Crippen LogP contribution is -2.25. The number of anilines is 1. The second-order valence-electron chi connectivity index (χ2n) is 3.93. The second-order valence-corrected chi connectivity index (χ2v) is 4.82. The Labute approximate surface area is 108 Å². The Morgan fingerprint density at radius 1 is 1.56 bits per heavy atom. The summed E-state index contributed by atoms with van der Waals surface area (Å²) in [6.45, 7) is 4.08. The van der Waals surface area contributed by atoms with Crippen molar-refractivity contribution in [3.8, 4) is 0 Å². The largest absolute Gasteiger partial charge is 0.375 e. The molecule has 7 heteroatoms. The van der Waals surface area contributed by atoms with Gasteiger partial charge in [0.05, 0.1) is 17.8 Å². The van der Waals surface area contributed by atoms with Crippen LogP contribution in [0.1, 0.15) is 22.7 Å². The summed E-state index contributed by atoms with van der Waals surface area (Å²) in [6.07, 6.45) is 0.233. The zero-order chi connectivity index (χ0) is 13.1. The predicted octanol–water partition coefficient (Wildman–Crippen LogP) is 1.19. The van der Waals surface area contributed by atoms with Crippen molar-refractivity contribution < 1.29 is 9.32 Å². The van der Waals surface area contributed by atoms with Crippen LogP contribution in [0.4, 0.5) is 5.13 Å². The standard InChI is InChI=1S/C11H14N4O2S/c1-6-9(7(2)17-15-6)4-13-10(16)3-8-5-18-11(12)14-8/h5H,3-4H2,1-2H3,(H2,12,14)(H,13,16). The maximum atomic E-state index is 11.7. The van der Waals surface area contributed by atoms with Gasteiger partial charge in [-0.2, -0.15) is 0 Å². The van der Waals surface area contributed by atoms with Crippen LogP contribution in [0.2, 0.25) is 0 Å². The minimum absolute atomic E-state index is 0.0969. The van der Waals surface area contributed by atoms with E-state index in [1.165, 1.54) is 11.3 Å². The first-order chi connectivity index (χ1) is 8.56. The fraction of sp³-hybridized carbons (Fsp3) is 0.364. The van der Waals surface area contributed by atoms with Crippen LogP contribution in [-0.2, 0) is 17.8 Å². The molecule has 0 saturated carbocycles. The van der Waals surface area contributed by atoms with E-state index in [0.717, 1.165) is 17.0 Å². The van der Waals surface area contributed by atoms with Gasteiger partial charge in [-0.15, -0.1) is 11.3 Å². The van der Waals surface area contributed by atoms with Crippen LogP contribution in [0.3, 0.4) is 0 Å². The number of hydrogen-bond donors (Lipinski definition) is 2. The summed E-state index contributed by atoms with van der Waals surface area (Å²) in [7, 11) is 0. The number of nitrogens with zero attached hydrogens (tertiary/aromatic N) is 2. The molecule has 0 atom stereocenters. The van der Waals surface area contributed by atoms with Crippen LogP contribution in [0.15, 0.2) is 9.90 Å². The van der Waals surface area contributed by atoms with Gasteiger partial charge in [-0.1, -0.05) is 5.16 Å². The maximum Gasteiger partial charge on any atom is 0.226 e. The molecule has 2 aromatic heterocycles. The molecular formula is C11H14N4O2S. The van der Waals surface area contributed by atoms with E-state index in [2.05, 4.69) is 15.5 Å². The number of aryl methyl sites for hydroxylation is 2. The summed E-state index contributed by atoms with van der Waals surface area (Å²) >= 11 is 1.33. The number of nitrogens with two attached hydrogens (primary N) is 1. The van der Waals surface area contributed by atoms with Crippen LogP contribution in [0.25, 0.3) is 0 Å². The van der Waals surface area contributed by atoms with Crippen molar-refractivity contribution >= 4 is 22.4 Å². The molecule has 0 radical (unpaired) electrons. The topological polar surface area (TPSA) is 94.0 Å². The molecule has 2 heterocycles. The number of carbonyl (C=O) groups is 1. The van der Waals surface area contributed by atoms with Crippen LogP contribution in [-0.4, -0.2) is 16.0 Å². The SMILES string of the molecule is Cc1noc(C)c1CNC(=O)Cc1csc(N)n1. The molecule has 0 aliphatic heterocycles. The second kappa shape index (κ2) is 5.18. The summed E-state index contributed by atoms with van der Waals surface area (Å²) in [4.78, 5) is 15.7. The van der Waals surface area contributed by atoms with Gasteiger partial charge >= 0.3 is 0 Å².